The molecule has 2 atom stereocenters. The molecule has 0 saturated carbocycles. The molecule has 134 valence electrons. The Labute approximate surface area is 143 Å². The summed E-state index contributed by atoms with van der Waals surface area (Å²) in [5, 5.41) is 0. The molecule has 0 aromatic heterocycles. The van der Waals surface area contributed by atoms with Crippen LogP contribution in [0.15, 0.2) is 0 Å². The monoisotopic (exact) mass is 398 g/mol. The molecule has 0 aliphatic rings. The minimum Gasteiger partial charge on any atom is -0.308 e. The SMILES string of the molecule is CC(C)O[P@@](=O)(CCl)OCCCCO[P@](=O)(CCl)OC(C)C. The van der Waals surface area contributed by atoms with Gasteiger partial charge in [-0.3, -0.25) is 9.13 Å². The first-order valence-electron chi connectivity index (χ1n) is 7.12. The van der Waals surface area contributed by atoms with Crippen molar-refractivity contribution in [3.8, 4) is 0 Å². The van der Waals surface area contributed by atoms with Crippen LogP contribution in [0.5, 0.6) is 0 Å². The van der Waals surface area contributed by atoms with E-state index in [1.807, 2.05) is 0 Å². The Kier molecular flexibility index (Phi) is 11.9. The molecule has 0 aromatic rings. The standard InChI is InChI=1S/C12H26Cl2O6P2/c1-11(2)19-21(15,9-13)17-7-5-6-8-18-22(16,10-14)20-12(3)4/h11-12H,5-10H2,1-4H3/t21-,22-/m1/s1. The lowest BCUT2D eigenvalue weighted by molar-refractivity contribution is 0.156. The van der Waals surface area contributed by atoms with E-state index in [9.17, 15) is 9.13 Å². The van der Waals surface area contributed by atoms with Gasteiger partial charge in [-0.1, -0.05) is 0 Å². The van der Waals surface area contributed by atoms with Gasteiger partial charge >= 0.3 is 15.2 Å². The summed E-state index contributed by atoms with van der Waals surface area (Å²) in [6, 6.07) is 0. The summed E-state index contributed by atoms with van der Waals surface area (Å²) < 4.78 is 45.0. The number of halogens is 2. The van der Waals surface area contributed by atoms with Crippen LogP contribution in [-0.4, -0.2) is 36.7 Å². The summed E-state index contributed by atoms with van der Waals surface area (Å²) in [5.41, 5.74) is -0.378. The van der Waals surface area contributed by atoms with Gasteiger partial charge in [0.25, 0.3) is 0 Å². The lowest BCUT2D eigenvalue weighted by Gasteiger charge is -2.19. The predicted molar refractivity (Wildman–Crippen MR) is 90.2 cm³/mol. The summed E-state index contributed by atoms with van der Waals surface area (Å²) in [7, 11) is -6.48. The van der Waals surface area contributed by atoms with Gasteiger partial charge in [0.15, 0.2) is 0 Å². The van der Waals surface area contributed by atoms with Crippen molar-refractivity contribution in [1.82, 2.24) is 0 Å². The van der Waals surface area contributed by atoms with Crippen molar-refractivity contribution in [1.29, 1.82) is 0 Å². The molecule has 0 amide bonds. The van der Waals surface area contributed by atoms with Crippen molar-refractivity contribution in [3.05, 3.63) is 0 Å². The van der Waals surface area contributed by atoms with E-state index in [4.69, 9.17) is 41.3 Å². The zero-order valence-electron chi connectivity index (χ0n) is 13.5. The van der Waals surface area contributed by atoms with E-state index in [2.05, 4.69) is 0 Å². The van der Waals surface area contributed by atoms with Crippen LogP contribution in [0.25, 0.3) is 0 Å². The molecule has 0 unspecified atom stereocenters. The average molecular weight is 399 g/mol. The van der Waals surface area contributed by atoms with Gasteiger partial charge in [-0.2, -0.15) is 0 Å². The Bertz CT molecular complexity index is 356. The van der Waals surface area contributed by atoms with Crippen molar-refractivity contribution in [2.24, 2.45) is 0 Å². The molecule has 0 aliphatic heterocycles. The van der Waals surface area contributed by atoms with Crippen LogP contribution < -0.4 is 0 Å². The molecule has 0 N–H and O–H groups in total. The summed E-state index contributed by atoms with van der Waals surface area (Å²) in [5.74, 6) is 0. The van der Waals surface area contributed by atoms with E-state index in [0.29, 0.717) is 12.8 Å². The second-order valence-electron chi connectivity index (χ2n) is 5.14. The minimum absolute atomic E-state index is 0.189. The van der Waals surface area contributed by atoms with Crippen LogP contribution in [0.2, 0.25) is 0 Å². The molecule has 0 radical (unpaired) electrons. The van der Waals surface area contributed by atoms with Crippen LogP contribution in [0, 0.1) is 0 Å². The normalized spacial score (nSPS) is 17.6. The first-order chi connectivity index (χ1) is 10.2. The van der Waals surface area contributed by atoms with Gasteiger partial charge in [0, 0.05) is 0 Å². The summed E-state index contributed by atoms with van der Waals surface area (Å²) >= 11 is 11.2. The smallest absolute Gasteiger partial charge is 0.308 e. The van der Waals surface area contributed by atoms with Crippen molar-refractivity contribution in [3.63, 3.8) is 0 Å². The van der Waals surface area contributed by atoms with Crippen molar-refractivity contribution < 1.29 is 27.2 Å². The lowest BCUT2D eigenvalue weighted by atomic mass is 10.3. The predicted octanol–water partition coefficient (Wildman–Crippen LogP) is 5.43. The van der Waals surface area contributed by atoms with Gasteiger partial charge in [-0.15, -0.1) is 23.2 Å². The molecule has 0 heterocycles. The Morgan fingerprint density at radius 3 is 1.32 bits per heavy atom. The molecule has 0 spiro atoms. The Morgan fingerprint density at radius 2 is 1.09 bits per heavy atom. The molecule has 0 bridgehead atoms. The van der Waals surface area contributed by atoms with E-state index in [1.165, 1.54) is 0 Å². The van der Waals surface area contributed by atoms with E-state index in [0.717, 1.165) is 0 Å². The summed E-state index contributed by atoms with van der Waals surface area (Å²) in [4.78, 5) is 0. The summed E-state index contributed by atoms with van der Waals surface area (Å²) in [6.07, 6.45) is 0.671. The highest BCUT2D eigenvalue weighted by Crippen LogP contribution is 2.51. The largest absolute Gasteiger partial charge is 0.345 e. The van der Waals surface area contributed by atoms with Gasteiger partial charge in [-0.25, -0.2) is 0 Å². The minimum atomic E-state index is -3.24. The van der Waals surface area contributed by atoms with Crippen LogP contribution >= 0.6 is 38.4 Å². The maximum absolute atomic E-state index is 12.1. The third-order valence-corrected chi connectivity index (χ3v) is 7.13. The number of hydrogen-bond donors (Lipinski definition) is 0. The van der Waals surface area contributed by atoms with Gasteiger partial charge in [0.2, 0.25) is 0 Å². The number of rotatable bonds is 13. The molecule has 0 rings (SSSR count). The quantitative estimate of drug-likeness (QED) is 0.234. The van der Waals surface area contributed by atoms with Crippen molar-refractivity contribution in [2.75, 3.05) is 24.5 Å². The molecule has 0 fully saturated rings. The Morgan fingerprint density at radius 1 is 0.773 bits per heavy atom. The number of unbranched alkanes of at least 4 members (excludes halogenated alkanes) is 1. The molecule has 6 nitrogen and oxygen atoms in total. The van der Waals surface area contributed by atoms with Gasteiger partial charge in [0.05, 0.1) is 25.4 Å². The molecular formula is C12H26Cl2O6P2. The average Bonchev–Trinajstić information content (AvgIpc) is 2.41. The second kappa shape index (κ2) is 11.4. The molecule has 22 heavy (non-hydrogen) atoms. The van der Waals surface area contributed by atoms with Crippen LogP contribution in [0.4, 0.5) is 0 Å². The Hall–Kier alpha value is 0.880. The highest BCUT2D eigenvalue weighted by molar-refractivity contribution is 7.55. The fourth-order valence-corrected chi connectivity index (χ4v) is 4.66. The zero-order valence-corrected chi connectivity index (χ0v) is 16.8. The van der Waals surface area contributed by atoms with Crippen molar-refractivity contribution in [2.45, 2.75) is 52.7 Å². The molecule has 0 saturated heterocycles. The number of hydrogen-bond acceptors (Lipinski definition) is 6. The van der Waals surface area contributed by atoms with E-state index in [1.54, 1.807) is 27.7 Å². The van der Waals surface area contributed by atoms with Crippen LogP contribution in [0.1, 0.15) is 40.5 Å². The molecule has 0 aromatic carbocycles. The molecular weight excluding hydrogens is 373 g/mol. The zero-order chi connectivity index (χ0) is 17.2. The van der Waals surface area contributed by atoms with Gasteiger partial charge in [-0.05, 0) is 40.5 Å². The maximum Gasteiger partial charge on any atom is 0.345 e. The fraction of sp³-hybridized carbons (Fsp3) is 1.00. The highest BCUT2D eigenvalue weighted by atomic mass is 35.5. The van der Waals surface area contributed by atoms with E-state index < -0.39 is 15.2 Å². The Balaban J connectivity index is 3.98. The third-order valence-electron chi connectivity index (χ3n) is 2.15. The van der Waals surface area contributed by atoms with E-state index in [-0.39, 0.29) is 36.7 Å². The topological polar surface area (TPSA) is 71.1 Å². The second-order valence-corrected chi connectivity index (χ2v) is 10.4. The van der Waals surface area contributed by atoms with Gasteiger partial charge < -0.3 is 18.1 Å². The van der Waals surface area contributed by atoms with Crippen LogP contribution in [-0.2, 0) is 27.2 Å². The fourth-order valence-electron chi connectivity index (χ4n) is 1.44. The maximum atomic E-state index is 12.1. The molecule has 10 heteroatoms. The summed E-state index contributed by atoms with van der Waals surface area (Å²) in [6.45, 7) is 7.47. The van der Waals surface area contributed by atoms with Crippen LogP contribution in [0.3, 0.4) is 0 Å². The first kappa shape index (κ1) is 22.9. The van der Waals surface area contributed by atoms with Crippen molar-refractivity contribution >= 4 is 38.4 Å². The lowest BCUT2D eigenvalue weighted by Crippen LogP contribution is -2.07. The highest BCUT2D eigenvalue weighted by Gasteiger charge is 2.26. The van der Waals surface area contributed by atoms with E-state index >= 15 is 0 Å². The molecule has 0 aliphatic carbocycles. The first-order valence-corrected chi connectivity index (χ1v) is 11.6. The number of alkyl halides is 2. The van der Waals surface area contributed by atoms with Gasteiger partial charge in [0.1, 0.15) is 11.2 Å². The third kappa shape index (κ3) is 10.6.